The van der Waals surface area contributed by atoms with Crippen LogP contribution in [0.4, 0.5) is 0 Å². The lowest BCUT2D eigenvalue weighted by atomic mass is 9.91. The number of halogens is 1. The van der Waals surface area contributed by atoms with Gasteiger partial charge in [-0.3, -0.25) is 9.59 Å². The number of carboxylic acid groups (broad SMARTS) is 1. The molecule has 21 heavy (non-hydrogen) atoms. The third-order valence-electron chi connectivity index (χ3n) is 3.90. The van der Waals surface area contributed by atoms with Gasteiger partial charge in [0.15, 0.2) is 0 Å². The highest BCUT2D eigenvalue weighted by Crippen LogP contribution is 2.43. The molecule has 1 heterocycles. The fourth-order valence-corrected chi connectivity index (χ4v) is 3.32. The van der Waals surface area contributed by atoms with E-state index in [1.807, 2.05) is 45.9 Å². The number of rotatable bonds is 2. The Hall–Kier alpha value is -1.36. The van der Waals surface area contributed by atoms with Crippen LogP contribution in [0.2, 0.25) is 0 Å². The minimum atomic E-state index is -0.920. The van der Waals surface area contributed by atoms with E-state index in [2.05, 4.69) is 15.9 Å². The molecule has 1 aliphatic rings. The molecule has 1 aliphatic heterocycles. The minimum absolute atomic E-state index is 0.0583. The highest BCUT2D eigenvalue weighted by Gasteiger charge is 2.48. The normalized spacial score (nSPS) is 22.7. The van der Waals surface area contributed by atoms with Gasteiger partial charge < -0.3 is 10.0 Å². The van der Waals surface area contributed by atoms with Crippen LogP contribution in [0.3, 0.4) is 0 Å². The summed E-state index contributed by atoms with van der Waals surface area (Å²) >= 11 is 3.48. The number of hydrogen-bond donors (Lipinski definition) is 1. The number of carboxylic acids is 1. The topological polar surface area (TPSA) is 57.6 Å². The fraction of sp³-hybridized carbons (Fsp3) is 0.500. The van der Waals surface area contributed by atoms with E-state index in [-0.39, 0.29) is 12.3 Å². The van der Waals surface area contributed by atoms with Crippen molar-refractivity contribution < 1.29 is 14.7 Å². The number of carbonyl (C=O) groups is 2. The van der Waals surface area contributed by atoms with Crippen LogP contribution in [0.1, 0.15) is 44.4 Å². The second-order valence-electron chi connectivity index (χ2n) is 6.54. The number of likely N-dealkylation sites (tertiary alicyclic amines) is 1. The van der Waals surface area contributed by atoms with Crippen molar-refractivity contribution in [3.8, 4) is 0 Å². The molecule has 2 atom stereocenters. The first-order chi connectivity index (χ1) is 9.62. The van der Waals surface area contributed by atoms with Crippen LogP contribution in [0, 0.1) is 12.8 Å². The maximum Gasteiger partial charge on any atom is 0.309 e. The second kappa shape index (κ2) is 5.44. The summed E-state index contributed by atoms with van der Waals surface area (Å²) in [6.45, 7) is 7.78. The van der Waals surface area contributed by atoms with Crippen molar-refractivity contribution >= 4 is 27.8 Å². The monoisotopic (exact) mass is 353 g/mol. The maximum atomic E-state index is 12.3. The third kappa shape index (κ3) is 2.98. The molecule has 1 N–H and O–H groups in total. The number of amides is 1. The molecule has 5 heteroatoms. The van der Waals surface area contributed by atoms with Crippen LogP contribution in [0.25, 0.3) is 0 Å². The first kappa shape index (κ1) is 16.0. The van der Waals surface area contributed by atoms with E-state index in [1.54, 1.807) is 4.90 Å². The van der Waals surface area contributed by atoms with E-state index in [9.17, 15) is 14.7 Å². The molecule has 1 aromatic rings. The van der Waals surface area contributed by atoms with Crippen LogP contribution in [0.15, 0.2) is 22.7 Å². The molecular formula is C16H20BrNO3. The van der Waals surface area contributed by atoms with Gasteiger partial charge in [0, 0.05) is 16.4 Å². The Kier molecular flexibility index (Phi) is 4.15. The van der Waals surface area contributed by atoms with Crippen molar-refractivity contribution in [3.05, 3.63) is 33.8 Å². The fourth-order valence-electron chi connectivity index (χ4n) is 2.92. The summed E-state index contributed by atoms with van der Waals surface area (Å²) in [4.78, 5) is 25.6. The van der Waals surface area contributed by atoms with Gasteiger partial charge in [0.05, 0.1) is 12.0 Å². The maximum absolute atomic E-state index is 12.3. The highest BCUT2D eigenvalue weighted by molar-refractivity contribution is 9.10. The van der Waals surface area contributed by atoms with E-state index in [0.717, 1.165) is 15.6 Å². The van der Waals surface area contributed by atoms with Gasteiger partial charge in [-0.2, -0.15) is 0 Å². The van der Waals surface area contributed by atoms with Crippen molar-refractivity contribution in [2.75, 3.05) is 0 Å². The summed E-state index contributed by atoms with van der Waals surface area (Å²) < 4.78 is 0.928. The summed E-state index contributed by atoms with van der Waals surface area (Å²) in [7, 11) is 0. The van der Waals surface area contributed by atoms with Crippen LogP contribution in [-0.4, -0.2) is 27.4 Å². The van der Waals surface area contributed by atoms with Gasteiger partial charge >= 0.3 is 5.97 Å². The number of aliphatic carboxylic acids is 1. The van der Waals surface area contributed by atoms with E-state index >= 15 is 0 Å². The second-order valence-corrected chi connectivity index (χ2v) is 7.39. The van der Waals surface area contributed by atoms with Crippen molar-refractivity contribution in [3.63, 3.8) is 0 Å². The van der Waals surface area contributed by atoms with E-state index < -0.39 is 23.5 Å². The van der Waals surface area contributed by atoms with Crippen LogP contribution in [0.5, 0.6) is 0 Å². The summed E-state index contributed by atoms with van der Waals surface area (Å²) in [6, 6.07) is 5.36. The Morgan fingerprint density at radius 3 is 2.48 bits per heavy atom. The summed E-state index contributed by atoms with van der Waals surface area (Å²) in [6.07, 6.45) is 0.0583. The zero-order chi connectivity index (χ0) is 15.9. The molecule has 1 fully saturated rings. The highest BCUT2D eigenvalue weighted by atomic mass is 79.9. The molecule has 1 saturated heterocycles. The molecule has 0 spiro atoms. The number of hydrogen-bond acceptors (Lipinski definition) is 2. The molecule has 4 nitrogen and oxygen atoms in total. The van der Waals surface area contributed by atoms with Crippen molar-refractivity contribution in [2.45, 2.75) is 45.7 Å². The van der Waals surface area contributed by atoms with Crippen molar-refractivity contribution in [1.82, 2.24) is 4.90 Å². The smallest absolute Gasteiger partial charge is 0.309 e. The van der Waals surface area contributed by atoms with Gasteiger partial charge in [0.1, 0.15) is 0 Å². The van der Waals surface area contributed by atoms with Gasteiger partial charge in [-0.1, -0.05) is 28.1 Å². The molecule has 0 radical (unpaired) electrons. The predicted octanol–water partition coefficient (Wildman–Crippen LogP) is 3.53. The molecule has 1 amide bonds. The van der Waals surface area contributed by atoms with Crippen molar-refractivity contribution in [2.24, 2.45) is 5.92 Å². The van der Waals surface area contributed by atoms with Crippen LogP contribution < -0.4 is 0 Å². The number of benzene rings is 1. The zero-order valence-corrected chi connectivity index (χ0v) is 14.3. The average Bonchev–Trinajstić information content (AvgIpc) is 2.70. The molecule has 2 unspecified atom stereocenters. The Labute approximate surface area is 133 Å². The molecule has 0 aliphatic carbocycles. The van der Waals surface area contributed by atoms with Crippen molar-refractivity contribution in [1.29, 1.82) is 0 Å². The van der Waals surface area contributed by atoms with E-state index in [1.165, 1.54) is 0 Å². The lowest BCUT2D eigenvalue weighted by Gasteiger charge is -2.38. The third-order valence-corrected chi connectivity index (χ3v) is 4.75. The van der Waals surface area contributed by atoms with E-state index in [4.69, 9.17) is 0 Å². The largest absolute Gasteiger partial charge is 0.481 e. The SMILES string of the molecule is Cc1ccc(C2C(C(=O)O)CC(=O)N2C(C)(C)C)cc1Br. The summed E-state index contributed by atoms with van der Waals surface area (Å²) in [5.41, 5.74) is 1.53. The Morgan fingerprint density at radius 2 is 2.00 bits per heavy atom. The Bertz CT molecular complexity index is 592. The molecule has 114 valence electrons. The molecule has 0 bridgehead atoms. The lowest BCUT2D eigenvalue weighted by molar-refractivity contribution is -0.142. The minimum Gasteiger partial charge on any atom is -0.481 e. The van der Waals surface area contributed by atoms with Gasteiger partial charge in [0.25, 0.3) is 0 Å². The van der Waals surface area contributed by atoms with E-state index in [0.29, 0.717) is 0 Å². The lowest BCUT2D eigenvalue weighted by Crippen LogP contribution is -2.44. The van der Waals surface area contributed by atoms with Gasteiger partial charge in [0.2, 0.25) is 5.91 Å². The first-order valence-corrected chi connectivity index (χ1v) is 7.73. The number of aryl methyl sites for hydroxylation is 1. The van der Waals surface area contributed by atoms with Crippen LogP contribution in [-0.2, 0) is 9.59 Å². The first-order valence-electron chi connectivity index (χ1n) is 6.94. The molecule has 0 aromatic heterocycles. The summed E-state index contributed by atoms with van der Waals surface area (Å²) in [5.74, 6) is -1.72. The number of carbonyl (C=O) groups excluding carboxylic acids is 1. The van der Waals surface area contributed by atoms with Gasteiger partial charge in [-0.05, 0) is 44.9 Å². The standard InChI is InChI=1S/C16H20BrNO3/c1-9-5-6-10(7-12(9)17)14-11(15(20)21)8-13(19)18(14)16(2,3)4/h5-7,11,14H,8H2,1-4H3,(H,20,21). The quantitative estimate of drug-likeness (QED) is 0.884. The molecule has 1 aromatic carbocycles. The molecule has 0 saturated carbocycles. The Morgan fingerprint density at radius 1 is 1.38 bits per heavy atom. The predicted molar refractivity (Wildman–Crippen MR) is 84.0 cm³/mol. The van der Waals surface area contributed by atoms with Crippen LogP contribution >= 0.6 is 15.9 Å². The summed E-state index contributed by atoms with van der Waals surface area (Å²) in [5, 5.41) is 9.48. The average molecular weight is 354 g/mol. The molecular weight excluding hydrogens is 334 g/mol. The Balaban J connectivity index is 2.54. The van der Waals surface area contributed by atoms with Gasteiger partial charge in [-0.15, -0.1) is 0 Å². The zero-order valence-electron chi connectivity index (χ0n) is 12.7. The number of nitrogens with zero attached hydrogens (tertiary/aromatic N) is 1. The van der Waals surface area contributed by atoms with Gasteiger partial charge in [-0.25, -0.2) is 0 Å². The molecule has 2 rings (SSSR count).